The summed E-state index contributed by atoms with van der Waals surface area (Å²) in [5.74, 6) is -0.807. The summed E-state index contributed by atoms with van der Waals surface area (Å²) >= 11 is 6.19. The molecule has 32 heavy (non-hydrogen) atoms. The minimum absolute atomic E-state index is 0.0452. The summed E-state index contributed by atoms with van der Waals surface area (Å²) in [6, 6.07) is 13.6. The number of carbonyl (C=O) groups is 2. The van der Waals surface area contributed by atoms with Gasteiger partial charge in [-0.25, -0.2) is 4.39 Å². The van der Waals surface area contributed by atoms with Gasteiger partial charge in [-0.3, -0.25) is 9.59 Å². The Morgan fingerprint density at radius 1 is 1.09 bits per heavy atom. The van der Waals surface area contributed by atoms with Crippen LogP contribution in [0.2, 0.25) is 5.02 Å². The number of benzene rings is 2. The molecule has 0 radical (unpaired) electrons. The van der Waals surface area contributed by atoms with Gasteiger partial charge in [-0.15, -0.1) is 0 Å². The van der Waals surface area contributed by atoms with Crippen LogP contribution in [0.4, 0.5) is 4.39 Å². The maximum atomic E-state index is 13.8. The van der Waals surface area contributed by atoms with Crippen molar-refractivity contribution in [2.45, 2.75) is 50.2 Å². The zero-order valence-corrected chi connectivity index (χ0v) is 18.7. The minimum atomic E-state index is -0.527. The molecule has 2 amide bonds. The van der Waals surface area contributed by atoms with E-state index in [1.54, 1.807) is 12.1 Å². The van der Waals surface area contributed by atoms with E-state index in [0.29, 0.717) is 37.5 Å². The first-order valence-corrected chi connectivity index (χ1v) is 11.6. The average Bonchev–Trinajstić information content (AvgIpc) is 3.20. The van der Waals surface area contributed by atoms with Crippen molar-refractivity contribution < 1.29 is 18.7 Å². The van der Waals surface area contributed by atoms with Gasteiger partial charge in [0.1, 0.15) is 5.82 Å². The number of carbonyl (C=O) groups excluding carboxylic acids is 2. The van der Waals surface area contributed by atoms with Crippen LogP contribution < -0.4 is 5.32 Å². The smallest absolute Gasteiger partial charge is 0.254 e. The van der Waals surface area contributed by atoms with Crippen molar-refractivity contribution in [3.05, 3.63) is 70.5 Å². The molecule has 4 rings (SSSR count). The van der Waals surface area contributed by atoms with Crippen LogP contribution in [0, 0.1) is 5.82 Å². The lowest BCUT2D eigenvalue weighted by Gasteiger charge is -2.39. The Morgan fingerprint density at radius 3 is 2.56 bits per heavy atom. The number of ether oxygens (including phenoxy) is 1. The molecular weight excluding hydrogens is 431 g/mol. The van der Waals surface area contributed by atoms with Gasteiger partial charge in [-0.1, -0.05) is 41.9 Å². The normalized spacial score (nSPS) is 19.8. The maximum absolute atomic E-state index is 13.8. The molecule has 7 heteroatoms. The van der Waals surface area contributed by atoms with Crippen molar-refractivity contribution in [2.24, 2.45) is 0 Å². The number of nitrogens with zero attached hydrogens (tertiary/aromatic N) is 1. The Balaban J connectivity index is 1.22. The van der Waals surface area contributed by atoms with Gasteiger partial charge in [0.25, 0.3) is 5.91 Å². The van der Waals surface area contributed by atoms with Crippen molar-refractivity contribution >= 4 is 23.4 Å². The molecule has 2 fully saturated rings. The van der Waals surface area contributed by atoms with Crippen molar-refractivity contribution in [3.63, 3.8) is 0 Å². The SMILES string of the molecule is O=C(NC[C@@H]1CCC2(CCN(C(=O)CCc3ccccc3Cl)CC2)O1)c1ccccc1F. The second-order valence-electron chi connectivity index (χ2n) is 8.62. The molecule has 2 aliphatic rings. The van der Waals surface area contributed by atoms with Crippen LogP contribution >= 0.6 is 11.6 Å². The van der Waals surface area contributed by atoms with E-state index in [4.69, 9.17) is 16.3 Å². The Morgan fingerprint density at radius 2 is 1.81 bits per heavy atom. The van der Waals surface area contributed by atoms with Gasteiger partial charge >= 0.3 is 0 Å². The number of aryl methyl sites for hydroxylation is 1. The van der Waals surface area contributed by atoms with Gasteiger partial charge in [-0.2, -0.15) is 0 Å². The van der Waals surface area contributed by atoms with Crippen molar-refractivity contribution in [1.29, 1.82) is 0 Å². The zero-order valence-electron chi connectivity index (χ0n) is 18.0. The van der Waals surface area contributed by atoms with E-state index in [1.165, 1.54) is 12.1 Å². The van der Waals surface area contributed by atoms with Crippen molar-refractivity contribution in [3.8, 4) is 0 Å². The fraction of sp³-hybridized carbons (Fsp3) is 0.440. The molecule has 1 spiro atoms. The number of rotatable bonds is 6. The molecule has 5 nitrogen and oxygen atoms in total. The third-order valence-corrected chi connectivity index (χ3v) is 6.91. The molecule has 0 aromatic heterocycles. The molecule has 0 saturated carbocycles. The first-order chi connectivity index (χ1) is 15.5. The Hall–Kier alpha value is -2.44. The van der Waals surface area contributed by atoms with Crippen LogP contribution in [0.15, 0.2) is 48.5 Å². The third kappa shape index (κ3) is 5.30. The van der Waals surface area contributed by atoms with Gasteiger partial charge in [0, 0.05) is 31.1 Å². The molecule has 1 atom stereocenters. The lowest BCUT2D eigenvalue weighted by atomic mass is 9.88. The van der Waals surface area contributed by atoms with Crippen LogP contribution in [-0.2, 0) is 16.0 Å². The molecule has 1 N–H and O–H groups in total. The quantitative estimate of drug-likeness (QED) is 0.698. The molecule has 170 valence electrons. The topological polar surface area (TPSA) is 58.6 Å². The first-order valence-electron chi connectivity index (χ1n) is 11.2. The standard InChI is InChI=1S/C25H28ClFN2O3/c26-21-7-3-1-5-18(21)9-10-23(30)29-15-13-25(14-16-29)12-11-19(32-25)17-28-24(31)20-6-2-4-8-22(20)27/h1-8,19H,9-17H2,(H,28,31)/t19-/m0/s1. The Kier molecular flexibility index (Phi) is 7.11. The predicted octanol–water partition coefficient (Wildman–Crippen LogP) is 4.38. The highest BCUT2D eigenvalue weighted by atomic mass is 35.5. The fourth-order valence-electron chi connectivity index (χ4n) is 4.62. The summed E-state index contributed by atoms with van der Waals surface area (Å²) in [6.07, 6.45) is 4.34. The van der Waals surface area contributed by atoms with Gasteiger partial charge in [0.2, 0.25) is 5.91 Å². The Bertz CT molecular complexity index is 975. The molecule has 2 saturated heterocycles. The van der Waals surface area contributed by atoms with Crippen LogP contribution in [0.25, 0.3) is 0 Å². The highest BCUT2D eigenvalue weighted by molar-refractivity contribution is 6.31. The second-order valence-corrected chi connectivity index (χ2v) is 9.03. The number of hydrogen-bond acceptors (Lipinski definition) is 3. The van der Waals surface area contributed by atoms with Crippen molar-refractivity contribution in [1.82, 2.24) is 10.2 Å². The van der Waals surface area contributed by atoms with E-state index in [0.717, 1.165) is 31.2 Å². The van der Waals surface area contributed by atoms with Crippen LogP contribution in [0.3, 0.4) is 0 Å². The molecule has 2 heterocycles. The van der Waals surface area contributed by atoms with E-state index < -0.39 is 11.7 Å². The zero-order chi connectivity index (χ0) is 22.6. The van der Waals surface area contributed by atoms with Gasteiger partial charge < -0.3 is 15.0 Å². The number of likely N-dealkylation sites (tertiary alicyclic amines) is 1. The summed E-state index contributed by atoms with van der Waals surface area (Å²) in [5.41, 5.74) is 0.812. The van der Waals surface area contributed by atoms with Gasteiger partial charge in [0.05, 0.1) is 17.3 Å². The first kappa shape index (κ1) is 22.7. The lowest BCUT2D eigenvalue weighted by molar-refractivity contribution is -0.137. The number of amides is 2. The summed E-state index contributed by atoms with van der Waals surface area (Å²) < 4.78 is 20.1. The number of hydrogen-bond donors (Lipinski definition) is 1. The van der Waals surface area contributed by atoms with Gasteiger partial charge in [-0.05, 0) is 55.9 Å². The molecule has 2 aromatic rings. The molecular formula is C25H28ClFN2O3. The van der Waals surface area contributed by atoms with Crippen molar-refractivity contribution in [2.75, 3.05) is 19.6 Å². The van der Waals surface area contributed by atoms with E-state index in [2.05, 4.69) is 5.32 Å². The van der Waals surface area contributed by atoms with Gasteiger partial charge in [0.15, 0.2) is 0 Å². The van der Waals surface area contributed by atoms with E-state index in [-0.39, 0.29) is 23.2 Å². The molecule has 2 aromatic carbocycles. The van der Waals surface area contributed by atoms with Crippen LogP contribution in [0.5, 0.6) is 0 Å². The largest absolute Gasteiger partial charge is 0.370 e. The monoisotopic (exact) mass is 458 g/mol. The van der Waals surface area contributed by atoms with E-state index in [1.807, 2.05) is 29.2 Å². The fourth-order valence-corrected chi connectivity index (χ4v) is 4.85. The highest BCUT2D eigenvalue weighted by Crippen LogP contribution is 2.39. The average molecular weight is 459 g/mol. The summed E-state index contributed by atoms with van der Waals surface area (Å²) in [5, 5.41) is 3.49. The molecule has 0 bridgehead atoms. The summed E-state index contributed by atoms with van der Waals surface area (Å²) in [7, 11) is 0. The summed E-state index contributed by atoms with van der Waals surface area (Å²) in [4.78, 5) is 26.8. The van der Waals surface area contributed by atoms with E-state index in [9.17, 15) is 14.0 Å². The maximum Gasteiger partial charge on any atom is 0.254 e. The number of piperidine rings is 1. The van der Waals surface area contributed by atoms with Crippen LogP contribution in [-0.4, -0.2) is 48.1 Å². The van der Waals surface area contributed by atoms with E-state index >= 15 is 0 Å². The highest BCUT2D eigenvalue weighted by Gasteiger charge is 2.43. The molecule has 0 unspecified atom stereocenters. The molecule has 0 aliphatic carbocycles. The lowest BCUT2D eigenvalue weighted by Crippen LogP contribution is -2.47. The summed E-state index contributed by atoms with van der Waals surface area (Å²) in [6.45, 7) is 1.71. The second kappa shape index (κ2) is 10.0. The number of halogens is 2. The number of nitrogens with one attached hydrogen (secondary N) is 1. The Labute approximate surface area is 192 Å². The third-order valence-electron chi connectivity index (χ3n) is 6.54. The molecule has 2 aliphatic heterocycles. The minimum Gasteiger partial charge on any atom is -0.370 e. The predicted molar refractivity (Wildman–Crippen MR) is 121 cm³/mol. The van der Waals surface area contributed by atoms with Crippen LogP contribution in [0.1, 0.15) is 48.0 Å².